The number of Topliss-reactive ketones (excluding diaryl/α,β-unsaturated/α-hetero) is 2. The molecule has 0 aliphatic heterocycles. The van der Waals surface area contributed by atoms with Gasteiger partial charge in [0.15, 0.2) is 11.6 Å². The number of aliphatic carboxylic acids is 1. The van der Waals surface area contributed by atoms with Crippen molar-refractivity contribution in [3.8, 4) is 0 Å². The fourth-order valence-corrected chi connectivity index (χ4v) is 2.84. The number of carbonyl (C=O) groups excluding carboxylic acids is 2. The first-order valence-electron chi connectivity index (χ1n) is 8.43. The number of carboxylic acids is 1. The lowest BCUT2D eigenvalue weighted by atomic mass is 9.86. The molecule has 2 rings (SSSR count). The summed E-state index contributed by atoms with van der Waals surface area (Å²) in [5.74, 6) is -2.75. The number of carbonyl (C=O) groups is 3. The van der Waals surface area contributed by atoms with Crippen molar-refractivity contribution in [3.63, 3.8) is 0 Å². The Hall–Kier alpha value is -2.82. The third-order valence-electron chi connectivity index (χ3n) is 4.21. The fraction of sp³-hybridized carbons (Fsp3) is 0.286. The molecule has 0 radical (unpaired) electrons. The topological polar surface area (TPSA) is 71.4 Å². The van der Waals surface area contributed by atoms with Crippen LogP contribution < -0.4 is 0 Å². The molecule has 0 aromatic heterocycles. The maximum atomic E-state index is 13.1. The molecule has 0 aliphatic carbocycles. The Bertz CT molecular complexity index is 809. The zero-order chi connectivity index (χ0) is 19.3. The first kappa shape index (κ1) is 19.5. The molecule has 0 saturated carbocycles. The lowest BCUT2D eigenvalue weighted by molar-refractivity contribution is -0.137. The Labute approximate surface area is 151 Å². The molecule has 0 saturated heterocycles. The van der Waals surface area contributed by atoms with E-state index in [-0.39, 0.29) is 30.3 Å². The van der Waals surface area contributed by atoms with Crippen LogP contribution in [0, 0.1) is 11.7 Å². The lowest BCUT2D eigenvalue weighted by Gasteiger charge is -2.16. The van der Waals surface area contributed by atoms with Gasteiger partial charge in [-0.15, -0.1) is 0 Å². The molecule has 0 aliphatic rings. The van der Waals surface area contributed by atoms with Crippen molar-refractivity contribution in [1.82, 2.24) is 0 Å². The highest BCUT2D eigenvalue weighted by Gasteiger charge is 2.24. The second-order valence-corrected chi connectivity index (χ2v) is 6.54. The van der Waals surface area contributed by atoms with Crippen molar-refractivity contribution in [1.29, 1.82) is 0 Å². The van der Waals surface area contributed by atoms with Crippen molar-refractivity contribution in [2.45, 2.75) is 32.6 Å². The normalized spacial score (nSPS) is 12.0. The Balaban J connectivity index is 2.32. The molecule has 2 aromatic carbocycles. The summed E-state index contributed by atoms with van der Waals surface area (Å²) < 4.78 is 13.1. The molecule has 1 unspecified atom stereocenters. The monoisotopic (exact) mass is 356 g/mol. The summed E-state index contributed by atoms with van der Waals surface area (Å²) in [6.07, 6.45) is -0.321. The van der Waals surface area contributed by atoms with Crippen LogP contribution in [0.2, 0.25) is 0 Å². The fourth-order valence-electron chi connectivity index (χ4n) is 2.84. The van der Waals surface area contributed by atoms with Gasteiger partial charge in [0.1, 0.15) is 5.82 Å². The molecular formula is C21H21FO4. The van der Waals surface area contributed by atoms with Crippen LogP contribution in [0.5, 0.6) is 0 Å². The SMILES string of the molecule is CC(C)C(=O)c1ccccc1C(=O)CC(CC(=O)O)c1ccc(F)cc1. The number of rotatable bonds is 8. The minimum absolute atomic E-state index is 0.0691. The predicted molar refractivity (Wildman–Crippen MR) is 96.0 cm³/mol. The van der Waals surface area contributed by atoms with Crippen molar-refractivity contribution < 1.29 is 23.9 Å². The molecule has 2 aromatic rings. The molecule has 136 valence electrons. The standard InChI is InChI=1S/C21H21FO4/c1-13(2)21(26)18-6-4-3-5-17(18)19(23)11-15(12-20(24)25)14-7-9-16(22)10-8-14/h3-10,13,15H,11-12H2,1-2H3,(H,24,25). The van der Waals surface area contributed by atoms with E-state index in [2.05, 4.69) is 0 Å². The molecule has 0 amide bonds. The first-order valence-corrected chi connectivity index (χ1v) is 8.43. The number of benzene rings is 2. The van der Waals surface area contributed by atoms with Crippen LogP contribution in [0.15, 0.2) is 48.5 Å². The predicted octanol–water partition coefficient (Wildman–Crippen LogP) is 4.50. The van der Waals surface area contributed by atoms with E-state index in [1.165, 1.54) is 24.3 Å². The summed E-state index contributed by atoms with van der Waals surface area (Å²) >= 11 is 0. The summed E-state index contributed by atoms with van der Waals surface area (Å²) in [5.41, 5.74) is 1.22. The van der Waals surface area contributed by atoms with Crippen LogP contribution in [0.3, 0.4) is 0 Å². The van der Waals surface area contributed by atoms with Crippen molar-refractivity contribution in [2.75, 3.05) is 0 Å². The summed E-state index contributed by atoms with van der Waals surface area (Å²) in [7, 11) is 0. The van der Waals surface area contributed by atoms with Gasteiger partial charge >= 0.3 is 5.97 Å². The van der Waals surface area contributed by atoms with E-state index in [4.69, 9.17) is 5.11 Å². The van der Waals surface area contributed by atoms with Gasteiger partial charge in [0.25, 0.3) is 0 Å². The van der Waals surface area contributed by atoms with Crippen LogP contribution in [0.1, 0.15) is 58.9 Å². The van der Waals surface area contributed by atoms with Gasteiger partial charge in [-0.05, 0) is 17.7 Å². The van der Waals surface area contributed by atoms with Crippen LogP contribution >= 0.6 is 0 Å². The number of ketones is 2. The maximum Gasteiger partial charge on any atom is 0.303 e. The molecule has 0 heterocycles. The minimum atomic E-state index is -1.04. The molecule has 4 nitrogen and oxygen atoms in total. The molecule has 26 heavy (non-hydrogen) atoms. The summed E-state index contributed by atoms with van der Waals surface area (Å²) in [5, 5.41) is 9.16. The van der Waals surface area contributed by atoms with Crippen molar-refractivity contribution in [3.05, 3.63) is 71.0 Å². The highest BCUT2D eigenvalue weighted by Crippen LogP contribution is 2.27. The quantitative estimate of drug-likeness (QED) is 0.707. The molecule has 0 bridgehead atoms. The van der Waals surface area contributed by atoms with Gasteiger partial charge in [-0.25, -0.2) is 4.39 Å². The van der Waals surface area contributed by atoms with Gasteiger partial charge in [0.2, 0.25) is 0 Å². The summed E-state index contributed by atoms with van der Waals surface area (Å²) in [4.78, 5) is 36.4. The van der Waals surface area contributed by atoms with Gasteiger partial charge in [0, 0.05) is 29.4 Å². The second kappa shape index (κ2) is 8.52. The van der Waals surface area contributed by atoms with Gasteiger partial charge in [-0.2, -0.15) is 0 Å². The van der Waals surface area contributed by atoms with E-state index < -0.39 is 17.7 Å². The zero-order valence-electron chi connectivity index (χ0n) is 14.7. The smallest absolute Gasteiger partial charge is 0.303 e. The van der Waals surface area contributed by atoms with E-state index in [0.717, 1.165) is 0 Å². The van der Waals surface area contributed by atoms with Gasteiger partial charge < -0.3 is 5.11 Å². The van der Waals surface area contributed by atoms with E-state index in [1.54, 1.807) is 38.1 Å². The highest BCUT2D eigenvalue weighted by molar-refractivity contribution is 6.09. The van der Waals surface area contributed by atoms with E-state index in [9.17, 15) is 18.8 Å². The van der Waals surface area contributed by atoms with E-state index >= 15 is 0 Å². The summed E-state index contributed by atoms with van der Waals surface area (Å²) in [6.45, 7) is 3.52. The Kier molecular flexibility index (Phi) is 6.39. The molecule has 1 N–H and O–H groups in total. The summed E-state index contributed by atoms with van der Waals surface area (Å²) in [6, 6.07) is 12.0. The first-order chi connectivity index (χ1) is 12.3. The number of hydrogen-bond donors (Lipinski definition) is 1. The van der Waals surface area contributed by atoms with Crippen LogP contribution in [0.4, 0.5) is 4.39 Å². The van der Waals surface area contributed by atoms with E-state index in [1.807, 2.05) is 0 Å². The van der Waals surface area contributed by atoms with Gasteiger partial charge in [0.05, 0.1) is 6.42 Å². The Morgan fingerprint density at radius 2 is 1.50 bits per heavy atom. The highest BCUT2D eigenvalue weighted by atomic mass is 19.1. The Morgan fingerprint density at radius 3 is 2.04 bits per heavy atom. The number of hydrogen-bond acceptors (Lipinski definition) is 3. The molecule has 0 fully saturated rings. The van der Waals surface area contributed by atoms with Gasteiger partial charge in [-0.1, -0.05) is 50.2 Å². The lowest BCUT2D eigenvalue weighted by Crippen LogP contribution is -2.16. The second-order valence-electron chi connectivity index (χ2n) is 6.54. The van der Waals surface area contributed by atoms with Crippen molar-refractivity contribution in [2.24, 2.45) is 5.92 Å². The van der Waals surface area contributed by atoms with Crippen LogP contribution in [0.25, 0.3) is 0 Å². The molecule has 0 spiro atoms. The average Bonchev–Trinajstić information content (AvgIpc) is 2.60. The van der Waals surface area contributed by atoms with E-state index in [0.29, 0.717) is 16.7 Å². The van der Waals surface area contributed by atoms with Crippen LogP contribution in [-0.2, 0) is 4.79 Å². The number of carboxylic acid groups (broad SMARTS) is 1. The maximum absolute atomic E-state index is 13.1. The minimum Gasteiger partial charge on any atom is -0.481 e. The number of halogens is 1. The third-order valence-corrected chi connectivity index (χ3v) is 4.21. The van der Waals surface area contributed by atoms with Crippen molar-refractivity contribution >= 4 is 17.5 Å². The molecule has 5 heteroatoms. The molecular weight excluding hydrogens is 335 g/mol. The van der Waals surface area contributed by atoms with Gasteiger partial charge in [-0.3, -0.25) is 14.4 Å². The largest absolute Gasteiger partial charge is 0.481 e. The van der Waals surface area contributed by atoms with Crippen LogP contribution in [-0.4, -0.2) is 22.6 Å². The Morgan fingerprint density at radius 1 is 0.923 bits per heavy atom. The average molecular weight is 356 g/mol. The molecule has 1 atom stereocenters. The zero-order valence-corrected chi connectivity index (χ0v) is 14.7. The third kappa shape index (κ3) is 4.85.